The predicted molar refractivity (Wildman–Crippen MR) is 34.0 cm³/mol. The maximum absolute atomic E-state index is 8.15. The summed E-state index contributed by atoms with van der Waals surface area (Å²) in [5, 5.41) is 8.15. The highest BCUT2D eigenvalue weighted by Crippen LogP contribution is 2.18. The molecule has 0 unspecified atom stereocenters. The largest absolute Gasteiger partial charge is 0.198 e. The fourth-order valence-corrected chi connectivity index (χ4v) is 0.394. The van der Waals surface area contributed by atoms with Gasteiger partial charge in [0, 0.05) is 6.42 Å². The molecule has 0 saturated heterocycles. The van der Waals surface area contributed by atoms with Gasteiger partial charge in [0.2, 0.25) is 0 Å². The standard InChI is InChI=1S/C7H12N/c1-7(2,3)5-4-6-8/h1,4-5H2,2-3H3. The fraction of sp³-hybridized carbons (Fsp3) is 0.714. The monoisotopic (exact) mass is 110 g/mol. The molecule has 0 rings (SSSR count). The van der Waals surface area contributed by atoms with Gasteiger partial charge in [-0.3, -0.25) is 0 Å². The van der Waals surface area contributed by atoms with E-state index in [1.807, 2.05) is 13.8 Å². The molecular formula is C7H12N. The fourth-order valence-electron chi connectivity index (χ4n) is 0.394. The van der Waals surface area contributed by atoms with Crippen LogP contribution in [-0.2, 0) is 0 Å². The van der Waals surface area contributed by atoms with Crippen molar-refractivity contribution < 1.29 is 0 Å². The zero-order valence-corrected chi connectivity index (χ0v) is 5.57. The van der Waals surface area contributed by atoms with Crippen molar-refractivity contribution in [3.05, 3.63) is 6.92 Å². The van der Waals surface area contributed by atoms with Crippen LogP contribution in [0.5, 0.6) is 0 Å². The minimum absolute atomic E-state index is 0.0791. The summed E-state index contributed by atoms with van der Waals surface area (Å²) >= 11 is 0. The Balaban J connectivity index is 3.28. The Morgan fingerprint density at radius 2 is 2.12 bits per heavy atom. The van der Waals surface area contributed by atoms with Crippen LogP contribution < -0.4 is 0 Å². The Morgan fingerprint density at radius 1 is 1.62 bits per heavy atom. The molecule has 0 spiro atoms. The van der Waals surface area contributed by atoms with Crippen molar-refractivity contribution in [3.63, 3.8) is 0 Å². The van der Waals surface area contributed by atoms with Gasteiger partial charge in [-0.05, 0) is 18.8 Å². The molecule has 0 fully saturated rings. The van der Waals surface area contributed by atoms with E-state index in [9.17, 15) is 0 Å². The highest BCUT2D eigenvalue weighted by atomic mass is 14.2. The molecule has 8 heavy (non-hydrogen) atoms. The van der Waals surface area contributed by atoms with Crippen molar-refractivity contribution in [2.45, 2.75) is 26.7 Å². The number of hydrogen-bond acceptors (Lipinski definition) is 1. The van der Waals surface area contributed by atoms with E-state index in [2.05, 4.69) is 13.0 Å². The quantitative estimate of drug-likeness (QED) is 0.534. The van der Waals surface area contributed by atoms with Gasteiger partial charge in [0.15, 0.2) is 0 Å². The molecule has 0 aliphatic heterocycles. The van der Waals surface area contributed by atoms with Crippen molar-refractivity contribution in [2.75, 3.05) is 0 Å². The molecule has 0 aromatic rings. The summed E-state index contributed by atoms with van der Waals surface area (Å²) in [7, 11) is 0. The number of rotatable bonds is 2. The lowest BCUT2D eigenvalue weighted by molar-refractivity contribution is 0.440. The third-order valence-electron chi connectivity index (χ3n) is 0.914. The molecule has 1 nitrogen and oxygen atoms in total. The molecule has 0 aliphatic carbocycles. The lowest BCUT2D eigenvalue weighted by Gasteiger charge is -2.14. The molecule has 0 heterocycles. The Bertz CT molecular complexity index is 91.9. The first-order valence-corrected chi connectivity index (χ1v) is 2.78. The average molecular weight is 110 g/mol. The van der Waals surface area contributed by atoms with E-state index in [0.29, 0.717) is 6.42 Å². The van der Waals surface area contributed by atoms with Crippen LogP contribution in [0.2, 0.25) is 0 Å². The van der Waals surface area contributed by atoms with Crippen LogP contribution in [-0.4, -0.2) is 0 Å². The Morgan fingerprint density at radius 3 is 2.25 bits per heavy atom. The zero-order valence-electron chi connectivity index (χ0n) is 5.57. The molecule has 0 saturated carbocycles. The van der Waals surface area contributed by atoms with E-state index in [0.717, 1.165) is 6.42 Å². The third-order valence-corrected chi connectivity index (χ3v) is 0.914. The van der Waals surface area contributed by atoms with Gasteiger partial charge in [-0.25, -0.2) is 0 Å². The maximum Gasteiger partial charge on any atom is 0.0621 e. The first-order chi connectivity index (χ1) is 3.56. The van der Waals surface area contributed by atoms with Gasteiger partial charge >= 0.3 is 0 Å². The summed E-state index contributed by atoms with van der Waals surface area (Å²) in [5.41, 5.74) is 0.0791. The Kier molecular flexibility index (Phi) is 2.54. The van der Waals surface area contributed by atoms with E-state index in [1.165, 1.54) is 0 Å². The Hall–Kier alpha value is -0.510. The van der Waals surface area contributed by atoms with E-state index >= 15 is 0 Å². The summed E-state index contributed by atoms with van der Waals surface area (Å²) < 4.78 is 0. The second-order valence-electron chi connectivity index (χ2n) is 2.82. The summed E-state index contributed by atoms with van der Waals surface area (Å²) in [4.78, 5) is 0. The topological polar surface area (TPSA) is 23.8 Å². The van der Waals surface area contributed by atoms with Crippen molar-refractivity contribution >= 4 is 0 Å². The minimum Gasteiger partial charge on any atom is -0.198 e. The molecular weight excluding hydrogens is 98.1 g/mol. The van der Waals surface area contributed by atoms with Gasteiger partial charge < -0.3 is 0 Å². The van der Waals surface area contributed by atoms with Crippen LogP contribution in [0, 0.1) is 23.7 Å². The smallest absolute Gasteiger partial charge is 0.0621 e. The molecule has 45 valence electrons. The van der Waals surface area contributed by atoms with Crippen LogP contribution in [0.3, 0.4) is 0 Å². The lowest BCUT2D eigenvalue weighted by atomic mass is 9.91. The van der Waals surface area contributed by atoms with Crippen molar-refractivity contribution in [3.8, 4) is 6.07 Å². The molecule has 0 aliphatic rings. The molecule has 0 aromatic heterocycles. The maximum atomic E-state index is 8.15. The molecule has 0 N–H and O–H groups in total. The molecule has 0 atom stereocenters. The van der Waals surface area contributed by atoms with E-state index in [-0.39, 0.29) is 5.41 Å². The summed E-state index contributed by atoms with van der Waals surface area (Å²) in [5.74, 6) is 0. The first kappa shape index (κ1) is 7.49. The van der Waals surface area contributed by atoms with Crippen LogP contribution in [0.15, 0.2) is 0 Å². The number of nitriles is 1. The van der Waals surface area contributed by atoms with Gasteiger partial charge in [0.05, 0.1) is 6.07 Å². The minimum atomic E-state index is 0.0791. The van der Waals surface area contributed by atoms with Gasteiger partial charge in [-0.15, -0.1) is 0 Å². The molecule has 1 radical (unpaired) electrons. The van der Waals surface area contributed by atoms with Gasteiger partial charge in [-0.2, -0.15) is 5.26 Å². The van der Waals surface area contributed by atoms with Crippen LogP contribution in [0.1, 0.15) is 26.7 Å². The van der Waals surface area contributed by atoms with Crippen LogP contribution >= 0.6 is 0 Å². The normalized spacial score (nSPS) is 10.8. The summed E-state index contributed by atoms with van der Waals surface area (Å²) in [6.45, 7) is 7.92. The second-order valence-corrected chi connectivity index (χ2v) is 2.82. The van der Waals surface area contributed by atoms with Crippen molar-refractivity contribution in [1.29, 1.82) is 5.26 Å². The molecule has 0 bridgehead atoms. The summed E-state index contributed by atoms with van der Waals surface area (Å²) in [6, 6.07) is 2.08. The first-order valence-electron chi connectivity index (χ1n) is 2.78. The Labute approximate surface area is 51.3 Å². The predicted octanol–water partition coefficient (Wildman–Crippen LogP) is 2.15. The number of nitrogens with zero attached hydrogens (tertiary/aromatic N) is 1. The van der Waals surface area contributed by atoms with E-state index < -0.39 is 0 Å². The SMILES string of the molecule is [CH2]C(C)(C)CCC#N. The lowest BCUT2D eigenvalue weighted by Crippen LogP contribution is -2.03. The van der Waals surface area contributed by atoms with Crippen LogP contribution in [0.4, 0.5) is 0 Å². The zero-order chi connectivity index (χ0) is 6.62. The van der Waals surface area contributed by atoms with Crippen molar-refractivity contribution in [1.82, 2.24) is 0 Å². The molecule has 1 heteroatoms. The van der Waals surface area contributed by atoms with Gasteiger partial charge in [0.25, 0.3) is 0 Å². The molecule has 0 aromatic carbocycles. The van der Waals surface area contributed by atoms with Crippen molar-refractivity contribution in [2.24, 2.45) is 5.41 Å². The van der Waals surface area contributed by atoms with Crippen LogP contribution in [0.25, 0.3) is 0 Å². The van der Waals surface area contributed by atoms with E-state index in [4.69, 9.17) is 5.26 Å². The number of hydrogen-bond donors (Lipinski definition) is 0. The third kappa shape index (κ3) is 5.49. The van der Waals surface area contributed by atoms with Gasteiger partial charge in [-0.1, -0.05) is 13.8 Å². The average Bonchev–Trinajstić information content (AvgIpc) is 1.59. The second kappa shape index (κ2) is 2.71. The summed E-state index contributed by atoms with van der Waals surface area (Å²) in [6.07, 6.45) is 1.51. The highest BCUT2D eigenvalue weighted by molar-refractivity contribution is 4.78. The van der Waals surface area contributed by atoms with Gasteiger partial charge in [0.1, 0.15) is 0 Å². The van der Waals surface area contributed by atoms with E-state index in [1.54, 1.807) is 0 Å². The molecule has 0 amide bonds. The highest BCUT2D eigenvalue weighted by Gasteiger charge is 2.07.